The van der Waals surface area contributed by atoms with Crippen molar-refractivity contribution in [1.29, 1.82) is 0 Å². The Bertz CT molecular complexity index is 179. The lowest BCUT2D eigenvalue weighted by atomic mass is 10.1. The fraction of sp³-hybridized carbons (Fsp3) is 0.667. The van der Waals surface area contributed by atoms with Gasteiger partial charge in [-0.05, 0) is 5.92 Å². The Morgan fingerprint density at radius 2 is 1.83 bits per heavy atom. The number of carbonyl (C=O) groups excluding carboxylic acids is 1. The number of nitrogens with two attached hydrogens (primary N) is 1. The minimum Gasteiger partial charge on any atom is -0.447 e. The molecular weight excluding hydrogens is 166 g/mol. The van der Waals surface area contributed by atoms with Gasteiger partial charge < -0.3 is 10.8 Å². The first-order valence-corrected chi connectivity index (χ1v) is 3.32. The molecule has 6 heteroatoms. The maximum atomic E-state index is 10.8. The molecule has 0 fully saturated rings. The third-order valence-electron chi connectivity index (χ3n) is 1.19. The summed E-state index contributed by atoms with van der Waals surface area (Å²) in [6.45, 7) is 3.40. The summed E-state index contributed by atoms with van der Waals surface area (Å²) in [7, 11) is 0. The number of carbonyl (C=O) groups is 2. The molecule has 0 amide bonds. The van der Waals surface area contributed by atoms with Gasteiger partial charge in [0.2, 0.25) is 0 Å². The third-order valence-corrected chi connectivity index (χ3v) is 1.19. The summed E-state index contributed by atoms with van der Waals surface area (Å²) in [6, 6.07) is -0.871. The van der Waals surface area contributed by atoms with E-state index in [-0.39, 0.29) is 5.92 Å². The van der Waals surface area contributed by atoms with Crippen LogP contribution in [-0.4, -0.2) is 23.3 Å². The molecule has 1 unspecified atom stereocenters. The second kappa shape index (κ2) is 4.55. The molecule has 0 aromatic heterocycles. The molecule has 3 N–H and O–H groups in total. The fourth-order valence-corrected chi connectivity index (χ4v) is 0.404. The monoisotopic (exact) mass is 177 g/mol. The standard InChI is InChI=1S/C6H11NO5/c1-3(2)4(7)5(8)11-12-6(9)10/h3-4H,7H2,1-2H3,(H,9,10). The van der Waals surface area contributed by atoms with Gasteiger partial charge in [-0.25, -0.2) is 19.4 Å². The minimum absolute atomic E-state index is 0.130. The van der Waals surface area contributed by atoms with Crippen LogP contribution in [0, 0.1) is 5.92 Å². The summed E-state index contributed by atoms with van der Waals surface area (Å²) >= 11 is 0. The van der Waals surface area contributed by atoms with E-state index in [1.54, 1.807) is 13.8 Å². The van der Waals surface area contributed by atoms with Crippen molar-refractivity contribution < 1.29 is 24.5 Å². The van der Waals surface area contributed by atoms with Crippen molar-refractivity contribution in [1.82, 2.24) is 0 Å². The van der Waals surface area contributed by atoms with Gasteiger partial charge in [0.05, 0.1) is 0 Å². The van der Waals surface area contributed by atoms with Crippen molar-refractivity contribution >= 4 is 12.1 Å². The van der Waals surface area contributed by atoms with Gasteiger partial charge in [-0.3, -0.25) is 0 Å². The molecular formula is C6H11NO5. The number of carboxylic acid groups (broad SMARTS) is 1. The molecule has 6 nitrogen and oxygen atoms in total. The number of hydrogen-bond donors (Lipinski definition) is 2. The van der Waals surface area contributed by atoms with Crippen molar-refractivity contribution in [3.8, 4) is 0 Å². The molecule has 1 atom stereocenters. The summed E-state index contributed by atoms with van der Waals surface area (Å²) in [5, 5.41) is 7.94. The lowest BCUT2D eigenvalue weighted by Crippen LogP contribution is -2.37. The normalized spacial score (nSPS) is 12.3. The highest BCUT2D eigenvalue weighted by Crippen LogP contribution is 2.00. The largest absolute Gasteiger partial charge is 0.547 e. The summed E-state index contributed by atoms with van der Waals surface area (Å²) < 4.78 is 0. The highest BCUT2D eigenvalue weighted by atomic mass is 17.2. The van der Waals surface area contributed by atoms with Crippen LogP contribution in [0.25, 0.3) is 0 Å². The molecule has 12 heavy (non-hydrogen) atoms. The molecule has 0 bridgehead atoms. The molecule has 0 aromatic carbocycles. The van der Waals surface area contributed by atoms with Crippen molar-refractivity contribution in [2.75, 3.05) is 0 Å². The SMILES string of the molecule is CC(C)C(N)C(=O)OOC(=O)O. The Hall–Kier alpha value is -1.30. The van der Waals surface area contributed by atoms with E-state index in [2.05, 4.69) is 9.78 Å². The lowest BCUT2D eigenvalue weighted by Gasteiger charge is -2.11. The molecule has 0 saturated carbocycles. The first-order chi connectivity index (χ1) is 5.45. The van der Waals surface area contributed by atoms with Crippen LogP contribution in [-0.2, 0) is 14.6 Å². The fourth-order valence-electron chi connectivity index (χ4n) is 0.404. The van der Waals surface area contributed by atoms with Crippen molar-refractivity contribution in [2.24, 2.45) is 11.7 Å². The molecule has 70 valence electrons. The van der Waals surface area contributed by atoms with Gasteiger partial charge in [0, 0.05) is 0 Å². The van der Waals surface area contributed by atoms with Gasteiger partial charge in [0.1, 0.15) is 6.04 Å². The molecule has 0 aromatic rings. The van der Waals surface area contributed by atoms with Crippen molar-refractivity contribution in [3.63, 3.8) is 0 Å². The van der Waals surface area contributed by atoms with E-state index in [1.165, 1.54) is 0 Å². The van der Waals surface area contributed by atoms with Gasteiger partial charge in [0.25, 0.3) is 0 Å². The van der Waals surface area contributed by atoms with Crippen LogP contribution in [0.4, 0.5) is 4.79 Å². The quantitative estimate of drug-likeness (QED) is 0.459. The van der Waals surface area contributed by atoms with Crippen LogP contribution in [0.1, 0.15) is 13.8 Å². The minimum atomic E-state index is -1.68. The van der Waals surface area contributed by atoms with E-state index in [0.29, 0.717) is 0 Å². The molecule has 0 saturated heterocycles. The molecule has 0 spiro atoms. The van der Waals surface area contributed by atoms with E-state index in [1.807, 2.05) is 0 Å². The van der Waals surface area contributed by atoms with Crippen LogP contribution in [0.15, 0.2) is 0 Å². The van der Waals surface area contributed by atoms with Crippen LogP contribution in [0.5, 0.6) is 0 Å². The van der Waals surface area contributed by atoms with Crippen molar-refractivity contribution in [2.45, 2.75) is 19.9 Å². The number of hydrogen-bond acceptors (Lipinski definition) is 5. The summed E-state index contributed by atoms with van der Waals surface area (Å²) in [4.78, 5) is 27.9. The van der Waals surface area contributed by atoms with E-state index >= 15 is 0 Å². The summed E-state index contributed by atoms with van der Waals surface area (Å²) in [5.41, 5.74) is 5.30. The number of rotatable bonds is 2. The average Bonchev–Trinajstić information content (AvgIpc) is 1.98. The highest BCUT2D eigenvalue weighted by molar-refractivity contribution is 5.75. The van der Waals surface area contributed by atoms with E-state index < -0.39 is 18.2 Å². The zero-order valence-electron chi connectivity index (χ0n) is 6.81. The Morgan fingerprint density at radius 3 is 2.17 bits per heavy atom. The molecule has 0 aliphatic rings. The molecule has 0 aliphatic carbocycles. The van der Waals surface area contributed by atoms with Crippen LogP contribution >= 0.6 is 0 Å². The zero-order chi connectivity index (χ0) is 9.72. The predicted molar refractivity (Wildman–Crippen MR) is 38.0 cm³/mol. The Morgan fingerprint density at radius 1 is 1.33 bits per heavy atom. The molecule has 0 aliphatic heterocycles. The maximum absolute atomic E-state index is 10.8. The summed E-state index contributed by atoms with van der Waals surface area (Å²) in [6.07, 6.45) is -1.68. The van der Waals surface area contributed by atoms with E-state index in [0.717, 1.165) is 0 Å². The zero-order valence-corrected chi connectivity index (χ0v) is 6.81. The molecule has 0 rings (SSSR count). The Labute approximate surface area is 69.2 Å². The van der Waals surface area contributed by atoms with Gasteiger partial charge in [0.15, 0.2) is 0 Å². The molecule has 0 heterocycles. The average molecular weight is 177 g/mol. The van der Waals surface area contributed by atoms with E-state index in [9.17, 15) is 9.59 Å². The van der Waals surface area contributed by atoms with Crippen LogP contribution in [0.2, 0.25) is 0 Å². The lowest BCUT2D eigenvalue weighted by molar-refractivity contribution is -0.242. The van der Waals surface area contributed by atoms with Gasteiger partial charge >= 0.3 is 12.1 Å². The highest BCUT2D eigenvalue weighted by Gasteiger charge is 2.21. The van der Waals surface area contributed by atoms with Crippen molar-refractivity contribution in [3.05, 3.63) is 0 Å². The topological polar surface area (TPSA) is 98.9 Å². The Balaban J connectivity index is 3.80. The smallest absolute Gasteiger partial charge is 0.447 e. The van der Waals surface area contributed by atoms with E-state index in [4.69, 9.17) is 10.8 Å². The second-order valence-corrected chi connectivity index (χ2v) is 2.52. The third kappa shape index (κ3) is 3.77. The maximum Gasteiger partial charge on any atom is 0.547 e. The first-order valence-electron chi connectivity index (χ1n) is 3.32. The predicted octanol–water partition coefficient (Wildman–Crippen LogP) is 0.123. The first kappa shape index (κ1) is 10.7. The van der Waals surface area contributed by atoms with Gasteiger partial charge in [-0.2, -0.15) is 0 Å². The Kier molecular flexibility index (Phi) is 4.06. The van der Waals surface area contributed by atoms with Gasteiger partial charge in [-0.15, -0.1) is 0 Å². The molecule has 0 radical (unpaired) electrons. The van der Waals surface area contributed by atoms with Crippen LogP contribution < -0.4 is 5.73 Å². The van der Waals surface area contributed by atoms with Gasteiger partial charge in [-0.1, -0.05) is 13.8 Å². The second-order valence-electron chi connectivity index (χ2n) is 2.52. The summed E-state index contributed by atoms with van der Waals surface area (Å²) in [5.74, 6) is -1.03. The van der Waals surface area contributed by atoms with Crippen LogP contribution in [0.3, 0.4) is 0 Å².